The Labute approximate surface area is 175 Å². The van der Waals surface area contributed by atoms with Crippen LogP contribution in [0.25, 0.3) is 6.08 Å². The molecule has 0 aromatic heterocycles. The van der Waals surface area contributed by atoms with Gasteiger partial charge >= 0.3 is 0 Å². The second-order valence-corrected chi connectivity index (χ2v) is 8.72. The number of nitrogens with one attached hydrogen (secondary N) is 2. The standard InChI is InChI=1S/C20H24N4O2S2/c1-15(12-16-6-4-3-5-7-16)13-17-19(26)24(20(27)28-17)14-18(25)21-23-10-8-22(2)9-11-23/h3-7,12-13H,8-11,14H2,1-2H3,(H,21,25)/p+1/b15-12+,17-13-. The van der Waals surface area contributed by atoms with Gasteiger partial charge in [0, 0.05) is 0 Å². The number of amides is 2. The number of thiocarbonyl (C=S) groups is 1. The number of piperazine rings is 1. The zero-order chi connectivity index (χ0) is 20.1. The van der Waals surface area contributed by atoms with Gasteiger partial charge in [-0.2, -0.15) is 0 Å². The van der Waals surface area contributed by atoms with Gasteiger partial charge in [-0.05, 0) is 24.1 Å². The largest absolute Gasteiger partial charge is 0.335 e. The van der Waals surface area contributed by atoms with Crippen LogP contribution in [0.4, 0.5) is 0 Å². The van der Waals surface area contributed by atoms with Crippen molar-refractivity contribution in [2.45, 2.75) is 6.92 Å². The summed E-state index contributed by atoms with van der Waals surface area (Å²) in [6.07, 6.45) is 3.84. The van der Waals surface area contributed by atoms with E-state index in [4.69, 9.17) is 12.2 Å². The number of thioether (sulfide) groups is 1. The lowest BCUT2D eigenvalue weighted by Gasteiger charge is -2.30. The molecule has 2 fully saturated rings. The van der Waals surface area contributed by atoms with Crippen LogP contribution in [0.3, 0.4) is 0 Å². The van der Waals surface area contributed by atoms with Crippen molar-refractivity contribution in [3.05, 3.63) is 52.4 Å². The molecule has 0 spiro atoms. The van der Waals surface area contributed by atoms with Gasteiger partial charge in [-0.3, -0.25) is 19.9 Å². The van der Waals surface area contributed by atoms with E-state index in [0.717, 1.165) is 37.3 Å². The molecule has 2 N–H and O–H groups in total. The van der Waals surface area contributed by atoms with E-state index in [9.17, 15) is 9.59 Å². The molecule has 0 unspecified atom stereocenters. The molecule has 0 bridgehead atoms. The summed E-state index contributed by atoms with van der Waals surface area (Å²) in [4.78, 5) is 28.4. The smallest absolute Gasteiger partial charge is 0.266 e. The van der Waals surface area contributed by atoms with Crippen molar-refractivity contribution in [2.75, 3.05) is 39.8 Å². The molecule has 2 aliphatic heterocycles. The van der Waals surface area contributed by atoms with Crippen molar-refractivity contribution in [3.8, 4) is 0 Å². The average molecular weight is 418 g/mol. The fourth-order valence-electron chi connectivity index (χ4n) is 3.05. The van der Waals surface area contributed by atoms with Crippen LogP contribution < -0.4 is 10.3 Å². The van der Waals surface area contributed by atoms with Crippen LogP contribution in [0.15, 0.2) is 46.9 Å². The van der Waals surface area contributed by atoms with Crippen LogP contribution in [0.1, 0.15) is 12.5 Å². The van der Waals surface area contributed by atoms with Gasteiger partial charge in [0.25, 0.3) is 11.8 Å². The van der Waals surface area contributed by atoms with Gasteiger partial charge in [0.1, 0.15) is 10.9 Å². The number of benzene rings is 1. The van der Waals surface area contributed by atoms with E-state index in [2.05, 4.69) is 12.5 Å². The Morgan fingerprint density at radius 1 is 1.29 bits per heavy atom. The minimum absolute atomic E-state index is 0.0529. The van der Waals surface area contributed by atoms with Crippen molar-refractivity contribution in [3.63, 3.8) is 0 Å². The third kappa shape index (κ3) is 5.51. The Bertz CT molecular complexity index is 815. The number of hydrazine groups is 1. The zero-order valence-electron chi connectivity index (χ0n) is 16.1. The number of carbonyl (C=O) groups excluding carboxylic acids is 2. The quantitative estimate of drug-likeness (QED) is 0.546. The molecular formula is C20H25N4O2S2+. The lowest BCUT2D eigenvalue weighted by molar-refractivity contribution is -0.884. The highest BCUT2D eigenvalue weighted by atomic mass is 32.2. The van der Waals surface area contributed by atoms with Crippen LogP contribution in [-0.2, 0) is 9.59 Å². The first-order valence-electron chi connectivity index (χ1n) is 9.27. The average Bonchev–Trinajstić information content (AvgIpc) is 2.91. The van der Waals surface area contributed by atoms with Crippen LogP contribution in [0, 0.1) is 0 Å². The summed E-state index contributed by atoms with van der Waals surface area (Å²) in [5, 5.41) is 1.91. The van der Waals surface area contributed by atoms with Gasteiger partial charge < -0.3 is 4.90 Å². The van der Waals surface area contributed by atoms with Crippen LogP contribution >= 0.6 is 24.0 Å². The van der Waals surface area contributed by atoms with Gasteiger partial charge in [0.05, 0.1) is 38.1 Å². The fourth-order valence-corrected chi connectivity index (χ4v) is 4.36. The molecule has 6 nitrogen and oxygen atoms in total. The third-order valence-corrected chi connectivity index (χ3v) is 6.01. The maximum absolute atomic E-state index is 12.7. The first kappa shape index (κ1) is 20.7. The Balaban J connectivity index is 1.60. The fraction of sp³-hybridized carbons (Fsp3) is 0.350. The van der Waals surface area contributed by atoms with E-state index in [1.807, 2.05) is 54.4 Å². The summed E-state index contributed by atoms with van der Waals surface area (Å²) in [6.45, 7) is 5.47. The second-order valence-electron chi connectivity index (χ2n) is 7.05. The highest BCUT2D eigenvalue weighted by Gasteiger charge is 2.33. The number of nitrogens with zero attached hydrogens (tertiary/aromatic N) is 2. The maximum atomic E-state index is 12.7. The molecule has 1 aromatic rings. The molecular weight excluding hydrogens is 392 g/mol. The number of hydrogen-bond donors (Lipinski definition) is 2. The molecule has 2 heterocycles. The van der Waals surface area contributed by atoms with E-state index in [0.29, 0.717) is 9.23 Å². The lowest BCUT2D eigenvalue weighted by Crippen LogP contribution is -3.12. The van der Waals surface area contributed by atoms with Gasteiger partial charge in [0.15, 0.2) is 0 Å². The SMILES string of the molecule is CC(/C=C1\SC(=S)N(CC(=O)NN2CC[NH+](C)CC2)C1=O)=C\c1ccccc1. The van der Waals surface area contributed by atoms with Crippen molar-refractivity contribution >= 4 is 46.2 Å². The van der Waals surface area contributed by atoms with Crippen LogP contribution in [-0.4, -0.2) is 65.8 Å². The summed E-state index contributed by atoms with van der Waals surface area (Å²) in [7, 11) is 2.14. The first-order chi connectivity index (χ1) is 13.4. The summed E-state index contributed by atoms with van der Waals surface area (Å²) in [5.74, 6) is -0.428. The number of carbonyl (C=O) groups is 2. The molecule has 2 saturated heterocycles. The molecule has 8 heteroatoms. The Kier molecular flexibility index (Phi) is 7.01. The molecule has 28 heavy (non-hydrogen) atoms. The van der Waals surface area contributed by atoms with Crippen molar-refractivity contribution < 1.29 is 14.5 Å². The minimum Gasteiger partial charge on any atom is -0.335 e. The summed E-state index contributed by atoms with van der Waals surface area (Å²) in [6, 6.07) is 9.92. The topological polar surface area (TPSA) is 57.1 Å². The third-order valence-electron chi connectivity index (χ3n) is 4.63. The number of allylic oxidation sites excluding steroid dienone is 2. The van der Waals surface area contributed by atoms with E-state index in [1.54, 1.807) is 0 Å². The minimum atomic E-state index is -0.214. The second kappa shape index (κ2) is 9.47. The highest BCUT2D eigenvalue weighted by Crippen LogP contribution is 2.31. The van der Waals surface area contributed by atoms with Crippen LogP contribution in [0.5, 0.6) is 0 Å². The Morgan fingerprint density at radius 2 is 1.96 bits per heavy atom. The number of quaternary nitrogens is 1. The molecule has 0 atom stereocenters. The predicted molar refractivity (Wildman–Crippen MR) is 116 cm³/mol. The Hall–Kier alpha value is -2.00. The molecule has 3 rings (SSSR count). The number of rotatable bonds is 5. The first-order valence-corrected chi connectivity index (χ1v) is 10.5. The van der Waals surface area contributed by atoms with Crippen molar-refractivity contribution in [1.82, 2.24) is 15.3 Å². The molecule has 2 amide bonds. The molecule has 0 radical (unpaired) electrons. The highest BCUT2D eigenvalue weighted by molar-refractivity contribution is 8.26. The number of likely N-dealkylation sites (N-methyl/N-ethyl adjacent to an activating group) is 1. The summed E-state index contributed by atoms with van der Waals surface area (Å²) >= 11 is 6.57. The Morgan fingerprint density at radius 3 is 2.64 bits per heavy atom. The molecule has 148 valence electrons. The van der Waals surface area contributed by atoms with Crippen LogP contribution in [0.2, 0.25) is 0 Å². The molecule has 0 saturated carbocycles. The molecule has 2 aliphatic rings. The van der Waals surface area contributed by atoms with Crippen molar-refractivity contribution in [2.24, 2.45) is 0 Å². The molecule has 1 aromatic carbocycles. The maximum Gasteiger partial charge on any atom is 0.266 e. The normalized spacial score (nSPS) is 20.9. The van der Waals surface area contributed by atoms with Crippen molar-refractivity contribution in [1.29, 1.82) is 0 Å². The van der Waals surface area contributed by atoms with Gasteiger partial charge in [-0.15, -0.1) is 0 Å². The summed E-state index contributed by atoms with van der Waals surface area (Å²) < 4.78 is 0.418. The summed E-state index contributed by atoms with van der Waals surface area (Å²) in [5.41, 5.74) is 4.91. The van der Waals surface area contributed by atoms with E-state index in [1.165, 1.54) is 21.6 Å². The predicted octanol–water partition coefficient (Wildman–Crippen LogP) is 0.696. The monoisotopic (exact) mass is 417 g/mol. The van der Waals surface area contributed by atoms with Gasteiger partial charge in [-0.1, -0.05) is 60.4 Å². The van der Waals surface area contributed by atoms with Gasteiger partial charge in [-0.25, -0.2) is 5.01 Å². The molecule has 0 aliphatic carbocycles. The van der Waals surface area contributed by atoms with E-state index in [-0.39, 0.29) is 18.4 Å². The van der Waals surface area contributed by atoms with E-state index < -0.39 is 0 Å². The zero-order valence-corrected chi connectivity index (χ0v) is 17.7. The van der Waals surface area contributed by atoms with E-state index >= 15 is 0 Å². The lowest BCUT2D eigenvalue weighted by atomic mass is 10.1. The number of hydrogen-bond acceptors (Lipinski definition) is 5. The van der Waals surface area contributed by atoms with Gasteiger partial charge in [0.2, 0.25) is 0 Å².